The molecule has 0 aromatic carbocycles. The molecular weight excluding hydrogens is 406 g/mol. The molecule has 7 nitrogen and oxygen atoms in total. The van der Waals surface area contributed by atoms with Crippen molar-refractivity contribution in [3.63, 3.8) is 0 Å². The lowest BCUT2D eigenvalue weighted by Gasteiger charge is -2.39. The molecular formula is C25H39N3O4. The number of hydrogen-bond donors (Lipinski definition) is 1. The van der Waals surface area contributed by atoms with Crippen LogP contribution in [0.15, 0.2) is 47.3 Å². The number of esters is 1. The lowest BCUT2D eigenvalue weighted by atomic mass is 9.93. The molecule has 7 heteroatoms. The number of ether oxygens (including phenoxy) is 2. The minimum Gasteiger partial charge on any atom is -0.468 e. The number of nitrogens with zero attached hydrogens (tertiary/aromatic N) is 2. The molecule has 0 saturated carbocycles. The van der Waals surface area contributed by atoms with E-state index in [-0.39, 0.29) is 24.6 Å². The second-order valence-corrected chi connectivity index (χ2v) is 9.62. The number of carbonyl (C=O) groups excluding carboxylic acids is 2. The van der Waals surface area contributed by atoms with Gasteiger partial charge in [0.1, 0.15) is 12.1 Å². The van der Waals surface area contributed by atoms with E-state index in [9.17, 15) is 9.59 Å². The molecule has 0 fully saturated rings. The van der Waals surface area contributed by atoms with Crippen LogP contribution in [0, 0.1) is 5.92 Å². The first-order valence-corrected chi connectivity index (χ1v) is 11.2. The summed E-state index contributed by atoms with van der Waals surface area (Å²) < 4.78 is 10.3. The van der Waals surface area contributed by atoms with Gasteiger partial charge in [-0.15, -0.1) is 0 Å². The molecule has 1 unspecified atom stereocenters. The molecule has 1 atom stereocenters. The number of allylic oxidation sites excluding steroid dienone is 2. The van der Waals surface area contributed by atoms with E-state index in [4.69, 9.17) is 9.47 Å². The van der Waals surface area contributed by atoms with Gasteiger partial charge in [-0.05, 0) is 38.7 Å². The maximum Gasteiger partial charge on any atom is 0.410 e. The Hall–Kier alpha value is -2.70. The molecule has 0 bridgehead atoms. The molecule has 0 saturated heterocycles. The first kappa shape index (κ1) is 25.6. The molecule has 0 aromatic rings. The SMILES string of the molecule is C=C(NCC(=O)OC)C1=C(N(C)C2C=CC(C(C)C)=CC2)CCN(C(=O)OC(C)(C)C)C1. The van der Waals surface area contributed by atoms with Gasteiger partial charge in [0.2, 0.25) is 0 Å². The van der Waals surface area contributed by atoms with Crippen LogP contribution in [0.2, 0.25) is 0 Å². The molecule has 1 N–H and O–H groups in total. The van der Waals surface area contributed by atoms with Crippen molar-refractivity contribution in [2.45, 2.75) is 59.1 Å². The average Bonchev–Trinajstić information content (AvgIpc) is 2.75. The summed E-state index contributed by atoms with van der Waals surface area (Å²) in [5, 5.41) is 3.06. The Bertz CT molecular complexity index is 818. The summed E-state index contributed by atoms with van der Waals surface area (Å²) in [6.07, 6.45) is 8.00. The second-order valence-electron chi connectivity index (χ2n) is 9.62. The van der Waals surface area contributed by atoms with Gasteiger partial charge >= 0.3 is 12.1 Å². The van der Waals surface area contributed by atoms with Gasteiger partial charge in [0.05, 0.1) is 19.7 Å². The van der Waals surface area contributed by atoms with E-state index in [1.54, 1.807) is 4.90 Å². The van der Waals surface area contributed by atoms with Crippen LogP contribution in [-0.2, 0) is 14.3 Å². The van der Waals surface area contributed by atoms with Crippen molar-refractivity contribution in [3.05, 3.63) is 47.3 Å². The monoisotopic (exact) mass is 445 g/mol. The standard InChI is InChI=1S/C25H39N3O4/c1-17(2)19-9-11-20(12-10-19)27(7)22-13-14-28(24(30)32-25(4,5)6)16-21(22)18(3)26-15-23(29)31-8/h9-11,17,20,26H,3,12-16H2,1-2,4-8H3. The van der Waals surface area contributed by atoms with Crippen molar-refractivity contribution in [1.82, 2.24) is 15.1 Å². The summed E-state index contributed by atoms with van der Waals surface area (Å²) in [6, 6.07) is 0.226. The molecule has 0 aromatic heterocycles. The van der Waals surface area contributed by atoms with Gasteiger partial charge in [-0.2, -0.15) is 0 Å². The van der Waals surface area contributed by atoms with E-state index in [1.807, 2.05) is 20.8 Å². The molecule has 0 radical (unpaired) electrons. The zero-order valence-electron chi connectivity index (χ0n) is 20.7. The third-order valence-corrected chi connectivity index (χ3v) is 5.70. The van der Waals surface area contributed by atoms with E-state index < -0.39 is 5.60 Å². The first-order chi connectivity index (χ1) is 14.9. The smallest absolute Gasteiger partial charge is 0.410 e. The van der Waals surface area contributed by atoms with Crippen LogP contribution >= 0.6 is 0 Å². The Morgan fingerprint density at radius 3 is 2.56 bits per heavy atom. The van der Waals surface area contributed by atoms with Crippen LogP contribution in [-0.4, -0.2) is 67.3 Å². The zero-order chi connectivity index (χ0) is 24.1. The van der Waals surface area contributed by atoms with Crippen molar-refractivity contribution >= 4 is 12.1 Å². The predicted molar refractivity (Wildman–Crippen MR) is 127 cm³/mol. The predicted octanol–water partition coefficient (Wildman–Crippen LogP) is 4.00. The Kier molecular flexibility index (Phi) is 8.58. The molecule has 0 spiro atoms. The Balaban J connectivity index is 2.25. The zero-order valence-corrected chi connectivity index (χ0v) is 20.7. The van der Waals surface area contributed by atoms with Gasteiger partial charge in [-0.1, -0.05) is 38.7 Å². The van der Waals surface area contributed by atoms with E-state index in [0.717, 1.165) is 17.7 Å². The highest BCUT2D eigenvalue weighted by atomic mass is 16.6. The summed E-state index contributed by atoms with van der Waals surface area (Å²) in [5.41, 5.74) is 3.42. The number of hydrogen-bond acceptors (Lipinski definition) is 6. The molecule has 2 aliphatic rings. The number of nitrogens with one attached hydrogen (secondary N) is 1. The van der Waals surface area contributed by atoms with E-state index in [2.05, 4.69) is 55.9 Å². The maximum atomic E-state index is 12.7. The Labute approximate surface area is 192 Å². The van der Waals surface area contributed by atoms with Gasteiger partial charge < -0.3 is 24.6 Å². The first-order valence-electron chi connectivity index (χ1n) is 11.2. The van der Waals surface area contributed by atoms with Crippen LogP contribution < -0.4 is 5.32 Å². The number of likely N-dealkylation sites (N-methyl/N-ethyl adjacent to an activating group) is 1. The summed E-state index contributed by atoms with van der Waals surface area (Å²) in [5.74, 6) is 0.134. The maximum absolute atomic E-state index is 12.7. The van der Waals surface area contributed by atoms with Gasteiger partial charge in [0, 0.05) is 37.0 Å². The van der Waals surface area contributed by atoms with Crippen molar-refractivity contribution in [3.8, 4) is 0 Å². The average molecular weight is 446 g/mol. The van der Waals surface area contributed by atoms with E-state index in [1.165, 1.54) is 12.7 Å². The van der Waals surface area contributed by atoms with Crippen LogP contribution in [0.4, 0.5) is 4.79 Å². The fourth-order valence-corrected chi connectivity index (χ4v) is 3.79. The number of rotatable bonds is 7. The minimum atomic E-state index is -0.564. The van der Waals surface area contributed by atoms with Crippen LogP contribution in [0.5, 0.6) is 0 Å². The molecule has 2 rings (SSSR count). The van der Waals surface area contributed by atoms with E-state index in [0.29, 0.717) is 31.1 Å². The van der Waals surface area contributed by atoms with Crippen LogP contribution in [0.1, 0.15) is 47.5 Å². The summed E-state index contributed by atoms with van der Waals surface area (Å²) >= 11 is 0. The molecule has 1 aliphatic heterocycles. The Morgan fingerprint density at radius 1 is 1.34 bits per heavy atom. The summed E-state index contributed by atoms with van der Waals surface area (Å²) in [7, 11) is 3.43. The third-order valence-electron chi connectivity index (χ3n) is 5.70. The van der Waals surface area contributed by atoms with Gasteiger partial charge in [-0.25, -0.2) is 4.79 Å². The quantitative estimate of drug-likeness (QED) is 0.597. The lowest BCUT2D eigenvalue weighted by molar-refractivity contribution is -0.139. The minimum absolute atomic E-state index is 0.0199. The normalized spacial score (nSPS) is 18.9. The molecule has 178 valence electrons. The number of carbonyl (C=O) groups is 2. The van der Waals surface area contributed by atoms with Gasteiger partial charge in [-0.3, -0.25) is 4.79 Å². The highest BCUT2D eigenvalue weighted by molar-refractivity contribution is 5.72. The van der Waals surface area contributed by atoms with Crippen molar-refractivity contribution < 1.29 is 19.1 Å². The third kappa shape index (κ3) is 6.90. The van der Waals surface area contributed by atoms with Gasteiger partial charge in [0.25, 0.3) is 0 Å². The van der Waals surface area contributed by atoms with E-state index >= 15 is 0 Å². The highest BCUT2D eigenvalue weighted by Crippen LogP contribution is 2.30. The number of amides is 1. The topological polar surface area (TPSA) is 71.1 Å². The molecule has 32 heavy (non-hydrogen) atoms. The fourth-order valence-electron chi connectivity index (χ4n) is 3.79. The van der Waals surface area contributed by atoms with Crippen LogP contribution in [0.3, 0.4) is 0 Å². The van der Waals surface area contributed by atoms with Crippen molar-refractivity contribution in [2.75, 3.05) is 33.8 Å². The van der Waals surface area contributed by atoms with Crippen LogP contribution in [0.25, 0.3) is 0 Å². The molecule has 1 amide bonds. The van der Waals surface area contributed by atoms with Crippen molar-refractivity contribution in [1.29, 1.82) is 0 Å². The highest BCUT2D eigenvalue weighted by Gasteiger charge is 2.31. The largest absolute Gasteiger partial charge is 0.468 e. The lowest BCUT2D eigenvalue weighted by Crippen LogP contribution is -2.44. The Morgan fingerprint density at radius 2 is 2.03 bits per heavy atom. The fraction of sp³-hybridized carbons (Fsp3) is 0.600. The second kappa shape index (κ2) is 10.7. The van der Waals surface area contributed by atoms with Crippen molar-refractivity contribution in [2.24, 2.45) is 5.92 Å². The molecule has 1 aliphatic carbocycles. The summed E-state index contributed by atoms with van der Waals surface area (Å²) in [6.45, 7) is 15.1. The number of methoxy groups -OCH3 is 1. The molecule has 1 heterocycles. The van der Waals surface area contributed by atoms with Gasteiger partial charge in [0.15, 0.2) is 0 Å². The summed E-state index contributed by atoms with van der Waals surface area (Å²) in [4.78, 5) is 28.3.